The van der Waals surface area contributed by atoms with Crippen LogP contribution in [-0.2, 0) is 5.60 Å². The summed E-state index contributed by atoms with van der Waals surface area (Å²) < 4.78 is 11.6. The first-order chi connectivity index (χ1) is 9.59. The number of methoxy groups -OCH3 is 2. The van der Waals surface area contributed by atoms with Crippen LogP contribution in [0.5, 0.6) is 11.5 Å². The minimum absolute atomic E-state index is 0.671. The Morgan fingerprint density at radius 1 is 1.30 bits per heavy atom. The van der Waals surface area contributed by atoms with Gasteiger partial charge in [-0.3, -0.25) is 4.90 Å². The molecule has 1 atom stereocenters. The van der Waals surface area contributed by atoms with Gasteiger partial charge in [0.15, 0.2) is 0 Å². The van der Waals surface area contributed by atoms with Crippen molar-refractivity contribution in [3.8, 4) is 11.5 Å². The molecule has 1 aromatic rings. The summed E-state index contributed by atoms with van der Waals surface area (Å²) >= 11 is 3.51. The normalized spacial score (nSPS) is 26.8. The van der Waals surface area contributed by atoms with Gasteiger partial charge < -0.3 is 14.6 Å². The molecule has 1 aliphatic heterocycles. The second-order valence-corrected chi connectivity index (χ2v) is 6.44. The Morgan fingerprint density at radius 2 is 2.05 bits per heavy atom. The highest BCUT2D eigenvalue weighted by Crippen LogP contribution is 2.46. The van der Waals surface area contributed by atoms with Crippen molar-refractivity contribution in [1.29, 1.82) is 0 Å². The molecule has 2 fully saturated rings. The van der Waals surface area contributed by atoms with Gasteiger partial charge in [-0.15, -0.1) is 0 Å². The molecule has 1 saturated carbocycles. The molecule has 1 unspecified atom stereocenters. The topological polar surface area (TPSA) is 41.9 Å². The van der Waals surface area contributed by atoms with Crippen molar-refractivity contribution in [3.05, 3.63) is 22.2 Å². The van der Waals surface area contributed by atoms with E-state index in [4.69, 9.17) is 9.47 Å². The number of nitrogens with zero attached hydrogens (tertiary/aromatic N) is 1. The van der Waals surface area contributed by atoms with Crippen LogP contribution in [0.4, 0.5) is 0 Å². The van der Waals surface area contributed by atoms with Crippen LogP contribution in [0, 0.1) is 0 Å². The lowest BCUT2D eigenvalue weighted by molar-refractivity contribution is 0.0426. The first-order valence-electron chi connectivity index (χ1n) is 6.96. The summed E-state index contributed by atoms with van der Waals surface area (Å²) in [5.74, 6) is 1.38. The first kappa shape index (κ1) is 14.2. The molecule has 1 saturated heterocycles. The van der Waals surface area contributed by atoms with E-state index >= 15 is 0 Å². The maximum absolute atomic E-state index is 11.0. The number of likely N-dealkylation sites (tertiary alicyclic amines) is 1. The van der Waals surface area contributed by atoms with Crippen molar-refractivity contribution < 1.29 is 14.6 Å². The largest absolute Gasteiger partial charge is 0.495 e. The highest BCUT2D eigenvalue weighted by Gasteiger charge is 2.44. The fourth-order valence-corrected chi connectivity index (χ4v) is 3.73. The number of hydrogen-bond donors (Lipinski definition) is 1. The van der Waals surface area contributed by atoms with Crippen LogP contribution in [0.25, 0.3) is 0 Å². The third-order valence-corrected chi connectivity index (χ3v) is 5.08. The highest BCUT2D eigenvalue weighted by molar-refractivity contribution is 9.10. The van der Waals surface area contributed by atoms with Crippen LogP contribution in [-0.4, -0.2) is 43.4 Å². The Bertz CT molecular complexity index is 518. The van der Waals surface area contributed by atoms with Crippen molar-refractivity contribution in [2.45, 2.75) is 30.9 Å². The van der Waals surface area contributed by atoms with E-state index in [0.717, 1.165) is 23.0 Å². The Morgan fingerprint density at radius 3 is 2.65 bits per heavy atom. The predicted molar refractivity (Wildman–Crippen MR) is 80.4 cm³/mol. The summed E-state index contributed by atoms with van der Waals surface area (Å²) in [5.41, 5.74) is 0.0127. The molecule has 2 aliphatic rings. The zero-order valence-electron chi connectivity index (χ0n) is 11.9. The fourth-order valence-electron chi connectivity index (χ4n) is 3.06. The number of hydrogen-bond acceptors (Lipinski definition) is 4. The van der Waals surface area contributed by atoms with Crippen LogP contribution in [0.15, 0.2) is 16.6 Å². The van der Waals surface area contributed by atoms with Gasteiger partial charge in [0, 0.05) is 24.7 Å². The van der Waals surface area contributed by atoms with E-state index in [0.29, 0.717) is 24.1 Å². The van der Waals surface area contributed by atoms with E-state index in [1.807, 2.05) is 12.1 Å². The molecule has 20 heavy (non-hydrogen) atoms. The van der Waals surface area contributed by atoms with Gasteiger partial charge in [-0.1, -0.05) is 0 Å². The molecule has 1 aromatic carbocycles. The minimum Gasteiger partial charge on any atom is -0.495 e. The van der Waals surface area contributed by atoms with Gasteiger partial charge in [0.2, 0.25) is 0 Å². The summed E-state index contributed by atoms with van der Waals surface area (Å²) in [4.78, 5) is 2.39. The van der Waals surface area contributed by atoms with E-state index in [1.54, 1.807) is 14.2 Å². The number of ether oxygens (including phenoxy) is 2. The molecule has 1 N–H and O–H groups in total. The third-order valence-electron chi connectivity index (χ3n) is 4.33. The highest BCUT2D eigenvalue weighted by atomic mass is 79.9. The minimum atomic E-state index is -0.831. The molecule has 110 valence electrons. The molecule has 0 aromatic heterocycles. The summed E-state index contributed by atoms with van der Waals surface area (Å²) in [6, 6.07) is 4.47. The Kier molecular flexibility index (Phi) is 3.69. The van der Waals surface area contributed by atoms with E-state index in [1.165, 1.54) is 12.8 Å². The molecule has 1 heterocycles. The number of β-amino-alcohol motifs (C(OH)–C–C–N with tert-alkyl or cyclic N) is 1. The van der Waals surface area contributed by atoms with Crippen LogP contribution in [0.3, 0.4) is 0 Å². The van der Waals surface area contributed by atoms with Gasteiger partial charge in [0.25, 0.3) is 0 Å². The van der Waals surface area contributed by atoms with Crippen LogP contribution in [0.2, 0.25) is 0 Å². The van der Waals surface area contributed by atoms with Crippen molar-refractivity contribution in [1.82, 2.24) is 4.90 Å². The molecule has 4 nitrogen and oxygen atoms in total. The van der Waals surface area contributed by atoms with Crippen molar-refractivity contribution in [3.63, 3.8) is 0 Å². The Hall–Kier alpha value is -0.780. The average molecular weight is 342 g/mol. The third kappa shape index (κ3) is 2.32. The Balaban J connectivity index is 1.94. The lowest BCUT2D eigenvalue weighted by atomic mass is 9.92. The van der Waals surface area contributed by atoms with Crippen molar-refractivity contribution >= 4 is 15.9 Å². The molecule has 0 bridgehead atoms. The van der Waals surface area contributed by atoms with E-state index in [9.17, 15) is 5.11 Å². The smallest absolute Gasteiger partial charge is 0.142 e. The summed E-state index contributed by atoms with van der Waals surface area (Å²) in [6.45, 7) is 1.64. The lowest BCUT2D eigenvalue weighted by Gasteiger charge is -2.27. The summed E-state index contributed by atoms with van der Waals surface area (Å²) in [6.07, 6.45) is 3.28. The molecular formula is C15H20BrNO3. The van der Waals surface area contributed by atoms with Crippen molar-refractivity contribution in [2.24, 2.45) is 0 Å². The van der Waals surface area contributed by atoms with Gasteiger partial charge >= 0.3 is 0 Å². The molecule has 5 heteroatoms. The monoisotopic (exact) mass is 341 g/mol. The molecule has 1 aliphatic carbocycles. The average Bonchev–Trinajstić information content (AvgIpc) is 3.22. The van der Waals surface area contributed by atoms with Crippen LogP contribution in [0.1, 0.15) is 24.8 Å². The number of halogens is 1. The number of aliphatic hydroxyl groups is 1. The maximum Gasteiger partial charge on any atom is 0.142 e. The second-order valence-electron chi connectivity index (χ2n) is 5.65. The molecule has 0 radical (unpaired) electrons. The number of benzene rings is 1. The Labute approximate surface area is 127 Å². The van der Waals surface area contributed by atoms with Crippen LogP contribution < -0.4 is 9.47 Å². The van der Waals surface area contributed by atoms with Crippen molar-refractivity contribution in [2.75, 3.05) is 27.3 Å². The zero-order valence-corrected chi connectivity index (χ0v) is 13.4. The fraction of sp³-hybridized carbons (Fsp3) is 0.600. The van der Waals surface area contributed by atoms with E-state index < -0.39 is 5.60 Å². The standard InChI is InChI=1S/C15H20BrNO3/c1-19-12-6-5-11(14(20-2)13(12)16)15(18)7-8-17(9-15)10-3-4-10/h5-6,10,18H,3-4,7-9H2,1-2H3. The SMILES string of the molecule is COc1ccc(C2(O)CCN(C3CC3)C2)c(OC)c1Br. The predicted octanol–water partition coefficient (Wildman–Crippen LogP) is 2.52. The number of rotatable bonds is 4. The van der Waals surface area contributed by atoms with Gasteiger partial charge in [0.1, 0.15) is 21.6 Å². The van der Waals surface area contributed by atoms with Gasteiger partial charge in [0.05, 0.1) is 14.2 Å². The van der Waals surface area contributed by atoms with E-state index in [2.05, 4.69) is 20.8 Å². The van der Waals surface area contributed by atoms with Gasteiger partial charge in [-0.25, -0.2) is 0 Å². The lowest BCUT2D eigenvalue weighted by Crippen LogP contribution is -2.32. The molecule has 3 rings (SSSR count). The van der Waals surface area contributed by atoms with Crippen LogP contribution >= 0.6 is 15.9 Å². The van der Waals surface area contributed by atoms with Gasteiger partial charge in [-0.05, 0) is 47.3 Å². The second kappa shape index (κ2) is 5.20. The molecular weight excluding hydrogens is 322 g/mol. The summed E-state index contributed by atoms with van der Waals surface area (Å²) in [5, 5.41) is 11.0. The molecule has 0 spiro atoms. The first-order valence-corrected chi connectivity index (χ1v) is 7.76. The maximum atomic E-state index is 11.0. The van der Waals surface area contributed by atoms with E-state index in [-0.39, 0.29) is 0 Å². The molecule has 0 amide bonds. The zero-order chi connectivity index (χ0) is 14.3. The van der Waals surface area contributed by atoms with Gasteiger partial charge in [-0.2, -0.15) is 0 Å². The summed E-state index contributed by atoms with van der Waals surface area (Å²) in [7, 11) is 3.25. The quantitative estimate of drug-likeness (QED) is 0.913.